The molecular formula is C23H24F3N5O. The van der Waals surface area contributed by atoms with Gasteiger partial charge in [0.2, 0.25) is 0 Å². The van der Waals surface area contributed by atoms with Crippen molar-refractivity contribution >= 4 is 22.4 Å². The van der Waals surface area contributed by atoms with E-state index < -0.39 is 23.8 Å². The molecule has 1 unspecified atom stereocenters. The summed E-state index contributed by atoms with van der Waals surface area (Å²) in [4.78, 5) is 6.86. The van der Waals surface area contributed by atoms with Gasteiger partial charge in [0.1, 0.15) is 5.82 Å². The van der Waals surface area contributed by atoms with E-state index in [1.165, 1.54) is 12.1 Å². The maximum absolute atomic E-state index is 14.6. The quantitative estimate of drug-likeness (QED) is 0.602. The lowest BCUT2D eigenvalue weighted by Gasteiger charge is -2.38. The molecule has 2 fully saturated rings. The fourth-order valence-corrected chi connectivity index (χ4v) is 4.56. The third-order valence-electron chi connectivity index (χ3n) is 6.53. The summed E-state index contributed by atoms with van der Waals surface area (Å²) in [5.41, 5.74) is 1.82. The lowest BCUT2D eigenvalue weighted by molar-refractivity contribution is -0.130. The molecule has 1 aromatic carbocycles. The minimum absolute atomic E-state index is 0.0375. The van der Waals surface area contributed by atoms with Gasteiger partial charge in [-0.2, -0.15) is 5.10 Å². The monoisotopic (exact) mass is 443 g/mol. The van der Waals surface area contributed by atoms with Crippen LogP contribution in [0.5, 0.6) is 0 Å². The van der Waals surface area contributed by atoms with Gasteiger partial charge in [0.25, 0.3) is 6.43 Å². The van der Waals surface area contributed by atoms with Crippen molar-refractivity contribution in [3.8, 4) is 0 Å². The van der Waals surface area contributed by atoms with Gasteiger partial charge in [-0.25, -0.2) is 13.2 Å². The SMILES string of the molecule is Cc1nnc(N[C@H](C)c2cccc(C(F)F)c2F)c2cc(N3CCC4(CCO4)C3)cnc12. The van der Waals surface area contributed by atoms with E-state index in [1.807, 2.05) is 19.2 Å². The van der Waals surface area contributed by atoms with Crippen LogP contribution >= 0.6 is 0 Å². The molecule has 6 nitrogen and oxygen atoms in total. The molecule has 0 saturated carbocycles. The van der Waals surface area contributed by atoms with E-state index in [0.29, 0.717) is 17.0 Å². The van der Waals surface area contributed by atoms with Crippen LogP contribution in [-0.2, 0) is 4.74 Å². The molecule has 1 spiro atoms. The summed E-state index contributed by atoms with van der Waals surface area (Å²) in [6.07, 6.45) is 1.01. The highest BCUT2D eigenvalue weighted by molar-refractivity contribution is 5.92. The average molecular weight is 443 g/mol. The summed E-state index contributed by atoms with van der Waals surface area (Å²) >= 11 is 0. The summed E-state index contributed by atoms with van der Waals surface area (Å²) in [5.74, 6) is -0.475. The van der Waals surface area contributed by atoms with Crippen LogP contribution in [0.3, 0.4) is 0 Å². The molecule has 2 aromatic heterocycles. The van der Waals surface area contributed by atoms with Gasteiger partial charge < -0.3 is 15.0 Å². The molecule has 0 aliphatic carbocycles. The second-order valence-electron chi connectivity index (χ2n) is 8.59. The van der Waals surface area contributed by atoms with Crippen molar-refractivity contribution in [2.75, 3.05) is 29.9 Å². The van der Waals surface area contributed by atoms with Crippen molar-refractivity contribution in [1.29, 1.82) is 0 Å². The number of anilines is 2. The minimum atomic E-state index is -2.88. The van der Waals surface area contributed by atoms with Crippen LogP contribution in [0.15, 0.2) is 30.5 Å². The number of nitrogens with one attached hydrogen (secondary N) is 1. The van der Waals surface area contributed by atoms with Gasteiger partial charge in [0.15, 0.2) is 5.82 Å². The lowest BCUT2D eigenvalue weighted by Crippen LogP contribution is -2.45. The van der Waals surface area contributed by atoms with Crippen molar-refractivity contribution in [1.82, 2.24) is 15.2 Å². The first-order valence-electron chi connectivity index (χ1n) is 10.7. The Bertz CT molecular complexity index is 1170. The first kappa shape index (κ1) is 20.9. The van der Waals surface area contributed by atoms with Gasteiger partial charge in [0.05, 0.1) is 46.9 Å². The van der Waals surface area contributed by atoms with E-state index in [1.54, 1.807) is 6.92 Å². The smallest absolute Gasteiger partial charge is 0.266 e. The van der Waals surface area contributed by atoms with Crippen LogP contribution in [0.25, 0.3) is 10.9 Å². The summed E-state index contributed by atoms with van der Waals surface area (Å²) in [5, 5.41) is 12.3. The second-order valence-corrected chi connectivity index (χ2v) is 8.59. The topological polar surface area (TPSA) is 63.2 Å². The summed E-state index contributed by atoms with van der Waals surface area (Å²) < 4.78 is 46.7. The minimum Gasteiger partial charge on any atom is -0.373 e. The maximum Gasteiger partial charge on any atom is 0.266 e. The largest absolute Gasteiger partial charge is 0.373 e. The predicted octanol–water partition coefficient (Wildman–Crippen LogP) is 4.95. The number of aryl methyl sites for hydroxylation is 1. The van der Waals surface area contributed by atoms with Crippen molar-refractivity contribution in [3.05, 3.63) is 53.1 Å². The van der Waals surface area contributed by atoms with Crippen LogP contribution in [-0.4, -0.2) is 40.5 Å². The molecule has 168 valence electrons. The van der Waals surface area contributed by atoms with Gasteiger partial charge in [-0.15, -0.1) is 5.10 Å². The molecule has 0 bridgehead atoms. The Morgan fingerprint density at radius 3 is 2.66 bits per heavy atom. The number of halogens is 3. The molecule has 2 saturated heterocycles. The highest BCUT2D eigenvalue weighted by atomic mass is 19.3. The third-order valence-corrected chi connectivity index (χ3v) is 6.53. The highest BCUT2D eigenvalue weighted by Gasteiger charge is 2.44. The number of rotatable bonds is 5. The highest BCUT2D eigenvalue weighted by Crippen LogP contribution is 2.39. The first-order valence-corrected chi connectivity index (χ1v) is 10.7. The molecule has 0 amide bonds. The molecule has 2 aliphatic heterocycles. The number of hydrogen-bond donors (Lipinski definition) is 1. The number of pyridine rings is 1. The molecule has 2 atom stereocenters. The number of aromatic nitrogens is 3. The molecule has 5 rings (SSSR count). The number of fused-ring (bicyclic) bond motifs is 1. The van der Waals surface area contributed by atoms with Crippen LogP contribution in [0.4, 0.5) is 24.7 Å². The Morgan fingerprint density at radius 1 is 1.19 bits per heavy atom. The standard InChI is InChI=1S/C23H24F3N5O/c1-13(16-4-3-5-17(19(16)24)21(25)26)28-22-18-10-15(11-27-20(18)14(2)29-30-22)31-8-6-23(12-31)7-9-32-23/h3-5,10-11,13,21H,6-9,12H2,1-2H3,(H,28,30)/t13-,23?/m1/s1. The summed E-state index contributed by atoms with van der Waals surface area (Å²) in [7, 11) is 0. The molecule has 3 aromatic rings. The van der Waals surface area contributed by atoms with Gasteiger partial charge >= 0.3 is 0 Å². The Labute approximate surface area is 183 Å². The lowest BCUT2D eigenvalue weighted by atomic mass is 9.94. The number of ether oxygens (including phenoxy) is 1. The van der Waals surface area contributed by atoms with Crippen LogP contribution in [0.1, 0.15) is 49.1 Å². The predicted molar refractivity (Wildman–Crippen MR) is 116 cm³/mol. The molecule has 32 heavy (non-hydrogen) atoms. The van der Waals surface area contributed by atoms with Crippen molar-refractivity contribution in [3.63, 3.8) is 0 Å². The Morgan fingerprint density at radius 2 is 1.97 bits per heavy atom. The zero-order valence-electron chi connectivity index (χ0n) is 17.9. The summed E-state index contributed by atoms with van der Waals surface area (Å²) in [6, 6.07) is 5.43. The van der Waals surface area contributed by atoms with Gasteiger partial charge in [-0.3, -0.25) is 4.98 Å². The van der Waals surface area contributed by atoms with E-state index in [9.17, 15) is 13.2 Å². The van der Waals surface area contributed by atoms with Crippen LogP contribution in [0.2, 0.25) is 0 Å². The van der Waals surface area contributed by atoms with E-state index in [4.69, 9.17) is 4.74 Å². The molecule has 1 N–H and O–H groups in total. The molecule has 2 aliphatic rings. The van der Waals surface area contributed by atoms with E-state index in [-0.39, 0.29) is 11.2 Å². The number of nitrogens with zero attached hydrogens (tertiary/aromatic N) is 4. The van der Waals surface area contributed by atoms with Crippen molar-refractivity contribution in [2.24, 2.45) is 0 Å². The van der Waals surface area contributed by atoms with Gasteiger partial charge in [-0.1, -0.05) is 18.2 Å². The molecule has 9 heteroatoms. The molecular weight excluding hydrogens is 419 g/mol. The zero-order chi connectivity index (χ0) is 22.5. The van der Waals surface area contributed by atoms with Crippen LogP contribution in [0, 0.1) is 12.7 Å². The number of hydrogen-bond acceptors (Lipinski definition) is 6. The average Bonchev–Trinajstić information content (AvgIpc) is 3.22. The maximum atomic E-state index is 14.6. The number of benzene rings is 1. The normalized spacial score (nSPS) is 21.4. The van der Waals surface area contributed by atoms with Crippen LogP contribution < -0.4 is 10.2 Å². The third kappa shape index (κ3) is 3.54. The van der Waals surface area contributed by atoms with Crippen molar-refractivity contribution in [2.45, 2.75) is 44.8 Å². The molecule has 0 radical (unpaired) electrons. The zero-order valence-corrected chi connectivity index (χ0v) is 17.9. The number of alkyl halides is 2. The summed E-state index contributed by atoms with van der Waals surface area (Å²) in [6.45, 7) is 6.05. The Kier molecular flexibility index (Phi) is 5.16. The molecule has 4 heterocycles. The van der Waals surface area contributed by atoms with Crippen molar-refractivity contribution < 1.29 is 17.9 Å². The fraction of sp³-hybridized carbons (Fsp3) is 0.435. The van der Waals surface area contributed by atoms with E-state index in [2.05, 4.69) is 25.4 Å². The van der Waals surface area contributed by atoms with E-state index >= 15 is 0 Å². The second kappa shape index (κ2) is 7.88. The Balaban J connectivity index is 1.47. The van der Waals surface area contributed by atoms with Gasteiger partial charge in [-0.05, 0) is 26.3 Å². The fourth-order valence-electron chi connectivity index (χ4n) is 4.56. The van der Waals surface area contributed by atoms with Gasteiger partial charge in [0, 0.05) is 30.5 Å². The first-order chi connectivity index (χ1) is 15.4. The Hall–Kier alpha value is -2.94. The van der Waals surface area contributed by atoms with E-state index in [0.717, 1.165) is 49.7 Å².